The molecule has 1 aromatic heterocycles. The molecule has 128 valence electrons. The number of guanidine groups is 1. The Hall–Kier alpha value is -2.76. The number of furan rings is 1. The summed E-state index contributed by atoms with van der Waals surface area (Å²) >= 11 is 0. The van der Waals surface area contributed by atoms with Crippen LogP contribution < -0.4 is 16.0 Å². The molecule has 1 aromatic carbocycles. The monoisotopic (exact) mass is 328 g/mol. The first-order valence-corrected chi connectivity index (χ1v) is 8.17. The van der Waals surface area contributed by atoms with Gasteiger partial charge >= 0.3 is 0 Å². The van der Waals surface area contributed by atoms with Crippen molar-refractivity contribution in [2.75, 3.05) is 19.6 Å². The third kappa shape index (κ3) is 6.16. The van der Waals surface area contributed by atoms with Crippen LogP contribution in [0.3, 0.4) is 0 Å². The van der Waals surface area contributed by atoms with Gasteiger partial charge in [-0.25, -0.2) is 4.99 Å². The minimum Gasteiger partial charge on any atom is -0.467 e. The van der Waals surface area contributed by atoms with Crippen molar-refractivity contribution in [3.8, 4) is 0 Å². The molecule has 0 bridgehead atoms. The molecule has 0 saturated carbocycles. The number of nitrogens with one attached hydrogen (secondary N) is 3. The van der Waals surface area contributed by atoms with Crippen molar-refractivity contribution in [2.24, 2.45) is 4.99 Å². The number of nitrogens with zero attached hydrogens (tertiary/aromatic N) is 1. The molecule has 3 N–H and O–H groups in total. The van der Waals surface area contributed by atoms with Crippen molar-refractivity contribution in [3.63, 3.8) is 0 Å². The van der Waals surface area contributed by atoms with Gasteiger partial charge in [0, 0.05) is 25.2 Å². The van der Waals surface area contributed by atoms with Crippen molar-refractivity contribution in [1.82, 2.24) is 16.0 Å². The summed E-state index contributed by atoms with van der Waals surface area (Å²) in [7, 11) is 0. The summed E-state index contributed by atoms with van der Waals surface area (Å²) in [6, 6.07) is 13.0. The molecule has 0 aliphatic heterocycles. The number of rotatable bonds is 8. The van der Waals surface area contributed by atoms with Crippen LogP contribution in [0.1, 0.15) is 29.5 Å². The Morgan fingerprint density at radius 3 is 2.54 bits per heavy atom. The molecule has 0 unspecified atom stereocenters. The highest BCUT2D eigenvalue weighted by Crippen LogP contribution is 2.01. The van der Waals surface area contributed by atoms with Gasteiger partial charge in [-0.1, -0.05) is 18.2 Å². The van der Waals surface area contributed by atoms with Crippen LogP contribution in [0.2, 0.25) is 0 Å². The van der Waals surface area contributed by atoms with E-state index in [1.807, 2.05) is 37.3 Å². The largest absolute Gasteiger partial charge is 0.467 e. The van der Waals surface area contributed by atoms with Crippen molar-refractivity contribution in [3.05, 3.63) is 60.1 Å². The Kier molecular flexibility index (Phi) is 7.40. The molecule has 0 spiro atoms. The van der Waals surface area contributed by atoms with Gasteiger partial charge in [-0.2, -0.15) is 0 Å². The summed E-state index contributed by atoms with van der Waals surface area (Å²) in [5, 5.41) is 9.33. The van der Waals surface area contributed by atoms with E-state index >= 15 is 0 Å². The van der Waals surface area contributed by atoms with Crippen LogP contribution in [0.5, 0.6) is 0 Å². The number of hydrogen-bond acceptors (Lipinski definition) is 3. The minimum atomic E-state index is -0.0472. The highest BCUT2D eigenvalue weighted by atomic mass is 16.3. The van der Waals surface area contributed by atoms with E-state index in [1.165, 1.54) is 0 Å². The topological polar surface area (TPSA) is 78.7 Å². The maximum absolute atomic E-state index is 11.9. The highest BCUT2D eigenvalue weighted by Gasteiger charge is 2.03. The SMILES string of the molecule is CCNC(=NCc1ccco1)NCCCNC(=O)c1ccccc1. The second kappa shape index (κ2) is 10.1. The van der Waals surface area contributed by atoms with E-state index in [0.29, 0.717) is 18.7 Å². The van der Waals surface area contributed by atoms with Crippen LogP contribution in [-0.4, -0.2) is 31.5 Å². The van der Waals surface area contributed by atoms with Gasteiger partial charge < -0.3 is 20.4 Å². The molecule has 6 nitrogen and oxygen atoms in total. The third-order valence-corrected chi connectivity index (χ3v) is 3.28. The Labute approximate surface area is 142 Å². The fraction of sp³-hybridized carbons (Fsp3) is 0.333. The first-order valence-electron chi connectivity index (χ1n) is 8.17. The van der Waals surface area contributed by atoms with Crippen LogP contribution in [0.25, 0.3) is 0 Å². The lowest BCUT2D eigenvalue weighted by Crippen LogP contribution is -2.38. The Morgan fingerprint density at radius 2 is 1.83 bits per heavy atom. The standard InChI is InChI=1S/C18H24N4O2/c1-2-19-18(22-14-16-10-6-13-24-16)21-12-7-11-20-17(23)15-8-4-3-5-9-15/h3-6,8-10,13H,2,7,11-12,14H2,1H3,(H,20,23)(H2,19,21,22). The predicted molar refractivity (Wildman–Crippen MR) is 94.9 cm³/mol. The number of aliphatic imine (C=N–C) groups is 1. The predicted octanol–water partition coefficient (Wildman–Crippen LogP) is 2.15. The average Bonchev–Trinajstić information content (AvgIpc) is 3.13. The van der Waals surface area contributed by atoms with Gasteiger partial charge in [0.15, 0.2) is 5.96 Å². The van der Waals surface area contributed by atoms with Crippen LogP contribution in [0, 0.1) is 0 Å². The van der Waals surface area contributed by atoms with E-state index in [1.54, 1.807) is 18.4 Å². The third-order valence-electron chi connectivity index (χ3n) is 3.28. The van der Waals surface area contributed by atoms with Crippen LogP contribution in [-0.2, 0) is 6.54 Å². The molecule has 0 radical (unpaired) electrons. The molecule has 2 aromatic rings. The molecule has 6 heteroatoms. The highest BCUT2D eigenvalue weighted by molar-refractivity contribution is 5.94. The minimum absolute atomic E-state index is 0.0472. The molecule has 0 fully saturated rings. The lowest BCUT2D eigenvalue weighted by molar-refractivity contribution is 0.0953. The van der Waals surface area contributed by atoms with Crippen LogP contribution in [0.4, 0.5) is 0 Å². The Bertz CT molecular complexity index is 624. The Morgan fingerprint density at radius 1 is 1.04 bits per heavy atom. The lowest BCUT2D eigenvalue weighted by Gasteiger charge is -2.11. The zero-order valence-electron chi connectivity index (χ0n) is 13.9. The van der Waals surface area contributed by atoms with Crippen molar-refractivity contribution >= 4 is 11.9 Å². The summed E-state index contributed by atoms with van der Waals surface area (Å²) in [4.78, 5) is 16.3. The molecular formula is C18H24N4O2. The van der Waals surface area contributed by atoms with E-state index in [-0.39, 0.29) is 5.91 Å². The molecule has 1 heterocycles. The van der Waals surface area contributed by atoms with Gasteiger partial charge in [-0.3, -0.25) is 4.79 Å². The van der Waals surface area contributed by atoms with Gasteiger partial charge in [0.2, 0.25) is 0 Å². The lowest BCUT2D eigenvalue weighted by atomic mass is 10.2. The summed E-state index contributed by atoms with van der Waals surface area (Å²) in [5.74, 6) is 1.51. The van der Waals surface area contributed by atoms with Gasteiger partial charge in [0.25, 0.3) is 5.91 Å². The number of amides is 1. The maximum atomic E-state index is 11.9. The fourth-order valence-corrected chi connectivity index (χ4v) is 2.09. The summed E-state index contributed by atoms with van der Waals surface area (Å²) < 4.78 is 5.26. The molecule has 0 saturated heterocycles. The number of carbonyl (C=O) groups excluding carboxylic acids is 1. The van der Waals surface area contributed by atoms with Gasteiger partial charge in [0.05, 0.1) is 6.26 Å². The number of carbonyl (C=O) groups is 1. The maximum Gasteiger partial charge on any atom is 0.251 e. The van der Waals surface area contributed by atoms with Crippen molar-refractivity contribution in [1.29, 1.82) is 0 Å². The average molecular weight is 328 g/mol. The summed E-state index contributed by atoms with van der Waals surface area (Å²) in [5.41, 5.74) is 0.679. The zero-order chi connectivity index (χ0) is 17.0. The molecule has 0 aliphatic rings. The van der Waals surface area contributed by atoms with E-state index in [9.17, 15) is 4.79 Å². The quantitative estimate of drug-likeness (QED) is 0.394. The molecule has 1 amide bonds. The van der Waals surface area contributed by atoms with E-state index < -0.39 is 0 Å². The molecule has 24 heavy (non-hydrogen) atoms. The van der Waals surface area contributed by atoms with E-state index in [2.05, 4.69) is 20.9 Å². The smallest absolute Gasteiger partial charge is 0.251 e. The van der Waals surface area contributed by atoms with Crippen molar-refractivity contribution in [2.45, 2.75) is 19.9 Å². The van der Waals surface area contributed by atoms with Gasteiger partial charge in [-0.15, -0.1) is 0 Å². The zero-order valence-corrected chi connectivity index (χ0v) is 13.9. The molecule has 0 aliphatic carbocycles. The number of benzene rings is 1. The molecular weight excluding hydrogens is 304 g/mol. The summed E-state index contributed by atoms with van der Waals surface area (Å²) in [6.45, 7) is 4.63. The second-order valence-corrected chi connectivity index (χ2v) is 5.18. The van der Waals surface area contributed by atoms with Crippen molar-refractivity contribution < 1.29 is 9.21 Å². The van der Waals surface area contributed by atoms with Gasteiger partial charge in [-0.05, 0) is 37.6 Å². The van der Waals surface area contributed by atoms with E-state index in [0.717, 1.165) is 31.2 Å². The van der Waals surface area contributed by atoms with Crippen LogP contribution in [0.15, 0.2) is 58.1 Å². The van der Waals surface area contributed by atoms with Gasteiger partial charge in [0.1, 0.15) is 12.3 Å². The first kappa shape index (κ1) is 17.6. The molecule has 0 atom stereocenters. The fourth-order valence-electron chi connectivity index (χ4n) is 2.09. The van der Waals surface area contributed by atoms with Crippen LogP contribution >= 0.6 is 0 Å². The normalized spacial score (nSPS) is 11.1. The Balaban J connectivity index is 1.67. The molecule has 2 rings (SSSR count). The first-order chi connectivity index (χ1) is 11.8. The summed E-state index contributed by atoms with van der Waals surface area (Å²) in [6.07, 6.45) is 2.45. The number of hydrogen-bond donors (Lipinski definition) is 3. The second-order valence-electron chi connectivity index (χ2n) is 5.18. The van der Waals surface area contributed by atoms with E-state index in [4.69, 9.17) is 4.42 Å².